The van der Waals surface area contributed by atoms with E-state index in [-0.39, 0.29) is 15.9 Å². The van der Waals surface area contributed by atoms with Gasteiger partial charge >= 0.3 is 0 Å². The van der Waals surface area contributed by atoms with Crippen LogP contribution in [0.3, 0.4) is 0 Å². The lowest BCUT2D eigenvalue weighted by molar-refractivity contribution is 0.529. The minimum Gasteiger partial charge on any atom is -0.355 e. The lowest BCUT2D eigenvalue weighted by Gasteiger charge is -2.19. The van der Waals surface area contributed by atoms with Crippen molar-refractivity contribution in [1.29, 1.82) is 0 Å². The van der Waals surface area contributed by atoms with Crippen LogP contribution in [-0.4, -0.2) is 23.1 Å². The molecule has 1 atom stereocenters. The zero-order chi connectivity index (χ0) is 19.1. The van der Waals surface area contributed by atoms with Gasteiger partial charge < -0.3 is 4.90 Å². The Bertz CT molecular complexity index is 1000. The first-order valence-electron chi connectivity index (χ1n) is 9.13. The molecule has 1 aliphatic rings. The van der Waals surface area contributed by atoms with Crippen LogP contribution in [0.15, 0.2) is 22.0 Å². The van der Waals surface area contributed by atoms with Crippen molar-refractivity contribution >= 4 is 43.3 Å². The number of anilines is 1. The van der Waals surface area contributed by atoms with Crippen molar-refractivity contribution < 1.29 is 8.78 Å². The number of rotatable bonds is 4. The summed E-state index contributed by atoms with van der Waals surface area (Å²) in [7, 11) is 0. The number of thiophene rings is 1. The molecular formula is C20H20BrF2N3S. The van der Waals surface area contributed by atoms with Crippen LogP contribution in [0, 0.1) is 24.5 Å². The number of fused-ring (bicyclic) bond motifs is 1. The molecule has 7 heteroatoms. The van der Waals surface area contributed by atoms with Crippen LogP contribution in [0.4, 0.5) is 14.6 Å². The number of hydrogen-bond acceptors (Lipinski definition) is 4. The maximum absolute atomic E-state index is 14.5. The van der Waals surface area contributed by atoms with Crippen LogP contribution in [0.25, 0.3) is 21.6 Å². The highest BCUT2D eigenvalue weighted by molar-refractivity contribution is 9.10. The van der Waals surface area contributed by atoms with E-state index in [1.54, 1.807) is 11.3 Å². The molecule has 1 saturated heterocycles. The predicted molar refractivity (Wildman–Crippen MR) is 110 cm³/mol. The molecular weight excluding hydrogens is 432 g/mol. The summed E-state index contributed by atoms with van der Waals surface area (Å²) in [5.41, 5.74) is 1.94. The Morgan fingerprint density at radius 2 is 2.07 bits per heavy atom. The zero-order valence-electron chi connectivity index (χ0n) is 15.2. The Kier molecular flexibility index (Phi) is 5.16. The maximum Gasteiger partial charge on any atom is 0.165 e. The number of benzene rings is 1. The predicted octanol–water partition coefficient (Wildman–Crippen LogP) is 6.33. The second kappa shape index (κ2) is 7.43. The van der Waals surface area contributed by atoms with Gasteiger partial charge in [0, 0.05) is 13.1 Å². The second-order valence-electron chi connectivity index (χ2n) is 7.10. The first-order valence-corrected chi connectivity index (χ1v) is 10.8. The normalized spacial score (nSPS) is 17.2. The third kappa shape index (κ3) is 3.47. The van der Waals surface area contributed by atoms with E-state index in [1.807, 2.05) is 12.3 Å². The van der Waals surface area contributed by atoms with E-state index in [0.29, 0.717) is 5.92 Å². The van der Waals surface area contributed by atoms with Crippen molar-refractivity contribution in [2.45, 2.75) is 33.1 Å². The summed E-state index contributed by atoms with van der Waals surface area (Å²) in [5, 5.41) is 2.05. The van der Waals surface area contributed by atoms with Gasteiger partial charge in [0.1, 0.15) is 11.6 Å². The lowest BCUT2D eigenvalue weighted by atomic mass is 10.0. The molecule has 1 fully saturated rings. The smallest absolute Gasteiger partial charge is 0.165 e. The number of hydrogen-bond donors (Lipinski definition) is 0. The zero-order valence-corrected chi connectivity index (χ0v) is 17.6. The summed E-state index contributed by atoms with van der Waals surface area (Å²) in [6.07, 6.45) is 3.51. The summed E-state index contributed by atoms with van der Waals surface area (Å²) >= 11 is 4.64. The largest absolute Gasteiger partial charge is 0.355 e. The quantitative estimate of drug-likeness (QED) is 0.433. The fourth-order valence-electron chi connectivity index (χ4n) is 3.72. The molecule has 0 N–H and O–H groups in total. The molecule has 0 spiro atoms. The van der Waals surface area contributed by atoms with E-state index in [2.05, 4.69) is 32.7 Å². The molecule has 1 aromatic carbocycles. The maximum atomic E-state index is 14.5. The summed E-state index contributed by atoms with van der Waals surface area (Å²) in [5.74, 6) is 0.678. The first kappa shape index (κ1) is 18.7. The number of aryl methyl sites for hydroxylation is 1. The van der Waals surface area contributed by atoms with Gasteiger partial charge in [0.15, 0.2) is 11.6 Å². The van der Waals surface area contributed by atoms with Gasteiger partial charge in [-0.1, -0.05) is 13.3 Å². The lowest BCUT2D eigenvalue weighted by Crippen LogP contribution is -2.21. The Balaban J connectivity index is 1.84. The highest BCUT2D eigenvalue weighted by Gasteiger charge is 2.26. The van der Waals surface area contributed by atoms with Crippen molar-refractivity contribution in [2.75, 3.05) is 18.0 Å². The molecule has 27 heavy (non-hydrogen) atoms. The van der Waals surface area contributed by atoms with Crippen molar-refractivity contribution in [3.8, 4) is 11.4 Å². The van der Waals surface area contributed by atoms with Gasteiger partial charge in [-0.05, 0) is 64.7 Å². The van der Waals surface area contributed by atoms with Crippen molar-refractivity contribution in [1.82, 2.24) is 9.97 Å². The third-order valence-corrected chi connectivity index (χ3v) is 6.80. The highest BCUT2D eigenvalue weighted by Crippen LogP contribution is 2.37. The molecule has 1 unspecified atom stereocenters. The van der Waals surface area contributed by atoms with Crippen molar-refractivity contribution in [3.63, 3.8) is 0 Å². The fourth-order valence-corrected chi connectivity index (χ4v) is 5.04. The average Bonchev–Trinajstić information content (AvgIpc) is 3.25. The van der Waals surface area contributed by atoms with E-state index < -0.39 is 11.6 Å². The molecule has 2 aromatic heterocycles. The van der Waals surface area contributed by atoms with Crippen LogP contribution in [0.2, 0.25) is 0 Å². The molecule has 3 aromatic rings. The molecule has 0 saturated carbocycles. The van der Waals surface area contributed by atoms with Gasteiger partial charge in [0.05, 0.1) is 20.3 Å². The van der Waals surface area contributed by atoms with Crippen molar-refractivity contribution in [2.24, 2.45) is 5.92 Å². The number of nitrogens with zero attached hydrogens (tertiary/aromatic N) is 3. The molecule has 142 valence electrons. The summed E-state index contributed by atoms with van der Waals surface area (Å²) in [6, 6.07) is 2.29. The van der Waals surface area contributed by atoms with Gasteiger partial charge in [-0.2, -0.15) is 0 Å². The SMILES string of the molecule is CCCC1CCN(c2nc(-c3cc(F)c(Br)cc3F)nc3c(C)csc23)C1. The Labute approximate surface area is 169 Å². The van der Waals surface area contributed by atoms with Crippen LogP contribution < -0.4 is 4.90 Å². The van der Waals surface area contributed by atoms with E-state index >= 15 is 0 Å². The van der Waals surface area contributed by atoms with Gasteiger partial charge in [0.25, 0.3) is 0 Å². The monoisotopic (exact) mass is 451 g/mol. The van der Waals surface area contributed by atoms with Crippen LogP contribution in [0.5, 0.6) is 0 Å². The Morgan fingerprint density at radius 1 is 1.26 bits per heavy atom. The van der Waals surface area contributed by atoms with Gasteiger partial charge in [0.2, 0.25) is 0 Å². The van der Waals surface area contributed by atoms with Crippen LogP contribution in [0.1, 0.15) is 31.7 Å². The number of aromatic nitrogens is 2. The summed E-state index contributed by atoms with van der Waals surface area (Å²) in [6.45, 7) is 6.08. The Hall–Kier alpha value is -1.60. The van der Waals surface area contributed by atoms with E-state index in [9.17, 15) is 8.78 Å². The minimum atomic E-state index is -0.535. The molecule has 3 heterocycles. The fraction of sp³-hybridized carbons (Fsp3) is 0.400. The molecule has 0 amide bonds. The van der Waals surface area contributed by atoms with Crippen molar-refractivity contribution in [3.05, 3.63) is 39.2 Å². The van der Waals surface area contributed by atoms with Gasteiger partial charge in [-0.25, -0.2) is 18.7 Å². The highest BCUT2D eigenvalue weighted by atomic mass is 79.9. The standard InChI is InChI=1S/C20H20BrF2N3S/c1-3-4-12-5-6-26(9-12)20-18-17(11(2)10-27-18)24-19(25-20)13-7-16(23)14(21)8-15(13)22/h7-8,10,12H,3-6,9H2,1-2H3. The molecule has 1 aliphatic heterocycles. The summed E-state index contributed by atoms with van der Waals surface area (Å²) < 4.78 is 29.7. The summed E-state index contributed by atoms with van der Waals surface area (Å²) in [4.78, 5) is 11.5. The second-order valence-corrected chi connectivity index (χ2v) is 8.84. The topological polar surface area (TPSA) is 29.0 Å². The molecule has 0 radical (unpaired) electrons. The molecule has 0 aliphatic carbocycles. The van der Waals surface area contributed by atoms with Crippen LogP contribution in [-0.2, 0) is 0 Å². The van der Waals surface area contributed by atoms with Crippen LogP contribution >= 0.6 is 27.3 Å². The van der Waals surface area contributed by atoms with E-state index in [1.165, 1.54) is 12.8 Å². The number of halogens is 3. The van der Waals surface area contributed by atoms with Gasteiger partial charge in [-0.15, -0.1) is 11.3 Å². The molecule has 0 bridgehead atoms. The third-order valence-electron chi connectivity index (χ3n) is 5.11. The molecule has 4 rings (SSSR count). The van der Waals surface area contributed by atoms with E-state index in [4.69, 9.17) is 4.98 Å². The van der Waals surface area contributed by atoms with E-state index in [0.717, 1.165) is 53.2 Å². The van der Waals surface area contributed by atoms with Gasteiger partial charge in [-0.3, -0.25) is 0 Å². The average molecular weight is 452 g/mol. The Morgan fingerprint density at radius 3 is 2.85 bits per heavy atom. The first-order chi connectivity index (χ1) is 13.0. The minimum absolute atomic E-state index is 0.0914. The molecule has 3 nitrogen and oxygen atoms in total.